The molecule has 0 rings (SSSR count). The topological polar surface area (TPSA) is 78.9 Å². The molecule has 0 radical (unpaired) electrons. The summed E-state index contributed by atoms with van der Waals surface area (Å²) in [6.45, 7) is 6.68. The van der Waals surface area contributed by atoms with Crippen LogP contribution in [0.2, 0.25) is 0 Å². The summed E-state index contributed by atoms with van der Waals surface area (Å²) in [6.07, 6.45) is 89.1. The normalized spacial score (nSPS) is 12.2. The Morgan fingerprint density at radius 3 is 0.707 bits per heavy atom. The van der Waals surface area contributed by atoms with E-state index in [0.29, 0.717) is 19.3 Å². The van der Waals surface area contributed by atoms with E-state index in [-0.39, 0.29) is 31.1 Å². The van der Waals surface area contributed by atoms with Gasteiger partial charge in [-0.1, -0.05) is 353 Å². The molecule has 482 valence electrons. The van der Waals surface area contributed by atoms with Crippen LogP contribution in [0.15, 0.2) is 36.5 Å². The van der Waals surface area contributed by atoms with E-state index in [1.54, 1.807) is 0 Å². The van der Waals surface area contributed by atoms with Gasteiger partial charge in [0.15, 0.2) is 6.10 Å². The van der Waals surface area contributed by atoms with E-state index in [1.165, 1.54) is 302 Å². The summed E-state index contributed by atoms with van der Waals surface area (Å²) in [7, 11) is 0. The van der Waals surface area contributed by atoms with Gasteiger partial charge in [0.1, 0.15) is 13.2 Å². The molecule has 6 heteroatoms. The van der Waals surface area contributed by atoms with Gasteiger partial charge >= 0.3 is 17.9 Å². The first-order valence-electron chi connectivity index (χ1n) is 37.0. The largest absolute Gasteiger partial charge is 0.462 e. The predicted octanol–water partition coefficient (Wildman–Crippen LogP) is 25.5. The fraction of sp³-hybridized carbons (Fsp3) is 0.882. The Morgan fingerprint density at radius 2 is 0.439 bits per heavy atom. The molecule has 6 nitrogen and oxygen atoms in total. The molecular formula is C76H142O6. The van der Waals surface area contributed by atoms with E-state index in [1.807, 2.05) is 0 Å². The van der Waals surface area contributed by atoms with Crippen LogP contribution in [0.3, 0.4) is 0 Å². The minimum absolute atomic E-state index is 0.0695. The number of ether oxygens (including phenoxy) is 3. The number of hydrogen-bond acceptors (Lipinski definition) is 6. The Bertz CT molecular complexity index is 1370. The lowest BCUT2D eigenvalue weighted by Gasteiger charge is -2.18. The van der Waals surface area contributed by atoms with E-state index in [4.69, 9.17) is 14.2 Å². The maximum absolute atomic E-state index is 12.9. The first kappa shape index (κ1) is 79.6. The van der Waals surface area contributed by atoms with Crippen molar-refractivity contribution >= 4 is 17.9 Å². The highest BCUT2D eigenvalue weighted by Crippen LogP contribution is 2.19. The van der Waals surface area contributed by atoms with Gasteiger partial charge < -0.3 is 14.2 Å². The van der Waals surface area contributed by atoms with Gasteiger partial charge in [0, 0.05) is 19.3 Å². The molecule has 0 aromatic rings. The molecule has 1 atom stereocenters. The van der Waals surface area contributed by atoms with Gasteiger partial charge in [0.2, 0.25) is 0 Å². The number of carbonyl (C=O) groups is 3. The number of rotatable bonds is 69. The van der Waals surface area contributed by atoms with Crippen molar-refractivity contribution in [3.63, 3.8) is 0 Å². The van der Waals surface area contributed by atoms with Crippen molar-refractivity contribution in [2.45, 2.75) is 419 Å². The molecule has 0 N–H and O–H groups in total. The van der Waals surface area contributed by atoms with E-state index < -0.39 is 6.10 Å². The molecule has 0 aromatic carbocycles. The van der Waals surface area contributed by atoms with Crippen molar-refractivity contribution in [2.75, 3.05) is 13.2 Å². The Balaban J connectivity index is 4.12. The molecular weight excluding hydrogens is 1010 g/mol. The summed E-state index contributed by atoms with van der Waals surface area (Å²) in [4.78, 5) is 38.4. The van der Waals surface area contributed by atoms with Gasteiger partial charge in [0.25, 0.3) is 0 Å². The van der Waals surface area contributed by atoms with Crippen LogP contribution in [0.5, 0.6) is 0 Å². The standard InChI is InChI=1S/C76H142O6/c1-4-7-10-13-16-19-22-25-28-30-31-32-33-34-35-36-37-38-39-40-41-42-43-44-45-47-48-51-54-57-60-63-66-69-75(78)81-72-73(71-80-74(77)68-65-62-59-56-53-50-27-24-21-18-15-12-9-6-3)82-76(79)70-67-64-61-58-55-52-49-46-29-26-23-20-17-14-11-8-5-2/h17,20,26,29-31,73H,4-16,18-19,21-25,27-28,32-72H2,1-3H3/b20-17-,29-26-,31-30-. The van der Waals surface area contributed by atoms with E-state index in [2.05, 4.69) is 57.2 Å². The van der Waals surface area contributed by atoms with Gasteiger partial charge in [0.05, 0.1) is 0 Å². The molecule has 0 spiro atoms. The first-order valence-corrected chi connectivity index (χ1v) is 37.0. The highest BCUT2D eigenvalue weighted by atomic mass is 16.6. The SMILES string of the molecule is CCCCC/C=C\C/C=C\CCCCCCCCCC(=O)OC(COC(=O)CCCCCCCCCCCCCCCC)COC(=O)CCCCCCCCCCCCCCCCCCCCCCC/C=C\CCCCCCCCCC. The maximum atomic E-state index is 12.9. The fourth-order valence-electron chi connectivity index (χ4n) is 11.3. The van der Waals surface area contributed by atoms with Gasteiger partial charge in [-0.15, -0.1) is 0 Å². The second-order valence-corrected chi connectivity index (χ2v) is 25.2. The van der Waals surface area contributed by atoms with E-state index >= 15 is 0 Å². The summed E-state index contributed by atoms with van der Waals surface area (Å²) in [5.41, 5.74) is 0. The number of allylic oxidation sites excluding steroid dienone is 6. The van der Waals surface area contributed by atoms with E-state index in [9.17, 15) is 14.4 Å². The zero-order valence-corrected chi connectivity index (χ0v) is 55.5. The lowest BCUT2D eigenvalue weighted by molar-refractivity contribution is -0.167. The van der Waals surface area contributed by atoms with Crippen LogP contribution < -0.4 is 0 Å². The monoisotopic (exact) mass is 1150 g/mol. The van der Waals surface area contributed by atoms with Crippen LogP contribution in [0.25, 0.3) is 0 Å². The summed E-state index contributed by atoms with van der Waals surface area (Å²) >= 11 is 0. The smallest absolute Gasteiger partial charge is 0.306 e. The van der Waals surface area contributed by atoms with Gasteiger partial charge in [-0.25, -0.2) is 0 Å². The van der Waals surface area contributed by atoms with Crippen molar-refractivity contribution in [1.82, 2.24) is 0 Å². The second-order valence-electron chi connectivity index (χ2n) is 25.2. The van der Waals surface area contributed by atoms with Crippen molar-refractivity contribution < 1.29 is 28.6 Å². The summed E-state index contributed by atoms with van der Waals surface area (Å²) < 4.78 is 17.0. The molecule has 0 bridgehead atoms. The Morgan fingerprint density at radius 1 is 0.244 bits per heavy atom. The van der Waals surface area contributed by atoms with Crippen LogP contribution >= 0.6 is 0 Å². The first-order chi connectivity index (χ1) is 40.5. The van der Waals surface area contributed by atoms with Crippen LogP contribution in [0.1, 0.15) is 412 Å². The van der Waals surface area contributed by atoms with Crippen molar-refractivity contribution in [1.29, 1.82) is 0 Å². The highest BCUT2D eigenvalue weighted by Gasteiger charge is 2.19. The minimum atomic E-state index is -0.774. The van der Waals surface area contributed by atoms with Gasteiger partial charge in [-0.05, 0) is 77.0 Å². The molecule has 1 unspecified atom stereocenters. The molecule has 0 heterocycles. The third kappa shape index (κ3) is 68.4. The third-order valence-corrected chi connectivity index (χ3v) is 16.9. The number of hydrogen-bond donors (Lipinski definition) is 0. The molecule has 0 saturated carbocycles. The Hall–Kier alpha value is -2.37. The Labute approximate surface area is 512 Å². The lowest BCUT2D eigenvalue weighted by atomic mass is 10.0. The zero-order valence-electron chi connectivity index (χ0n) is 55.5. The second kappa shape index (κ2) is 71.1. The average Bonchev–Trinajstić information content (AvgIpc) is 3.48. The highest BCUT2D eigenvalue weighted by molar-refractivity contribution is 5.71. The maximum Gasteiger partial charge on any atom is 0.306 e. The minimum Gasteiger partial charge on any atom is -0.462 e. The summed E-state index contributed by atoms with van der Waals surface area (Å²) in [5.74, 6) is -0.847. The number of carbonyl (C=O) groups excluding carboxylic acids is 3. The summed E-state index contributed by atoms with van der Waals surface area (Å²) in [6, 6.07) is 0. The zero-order chi connectivity index (χ0) is 59.2. The molecule has 0 aromatic heterocycles. The van der Waals surface area contributed by atoms with E-state index in [0.717, 1.165) is 70.6 Å². The quantitative estimate of drug-likeness (QED) is 0.0261. The van der Waals surface area contributed by atoms with Crippen molar-refractivity contribution in [3.05, 3.63) is 36.5 Å². The molecule has 0 aliphatic heterocycles. The van der Waals surface area contributed by atoms with Gasteiger partial charge in [-0.3, -0.25) is 14.4 Å². The summed E-state index contributed by atoms with van der Waals surface area (Å²) in [5, 5.41) is 0. The molecule has 0 fully saturated rings. The Kier molecular flexibility index (Phi) is 69.1. The van der Waals surface area contributed by atoms with Crippen LogP contribution in [-0.4, -0.2) is 37.2 Å². The predicted molar refractivity (Wildman–Crippen MR) is 358 cm³/mol. The molecule has 0 aliphatic rings. The average molecular weight is 1150 g/mol. The van der Waals surface area contributed by atoms with Crippen LogP contribution in [0.4, 0.5) is 0 Å². The van der Waals surface area contributed by atoms with Crippen molar-refractivity contribution in [2.24, 2.45) is 0 Å². The fourth-order valence-corrected chi connectivity index (χ4v) is 11.3. The molecule has 0 amide bonds. The molecule has 82 heavy (non-hydrogen) atoms. The van der Waals surface area contributed by atoms with Crippen LogP contribution in [-0.2, 0) is 28.6 Å². The van der Waals surface area contributed by atoms with Crippen molar-refractivity contribution in [3.8, 4) is 0 Å². The van der Waals surface area contributed by atoms with Gasteiger partial charge in [-0.2, -0.15) is 0 Å². The molecule has 0 aliphatic carbocycles. The number of unbranched alkanes of at least 4 members (excludes halogenated alkanes) is 52. The molecule has 0 saturated heterocycles. The number of esters is 3. The third-order valence-electron chi connectivity index (χ3n) is 16.9. The lowest BCUT2D eigenvalue weighted by Crippen LogP contribution is -2.30. The van der Waals surface area contributed by atoms with Crippen LogP contribution in [0, 0.1) is 0 Å².